The van der Waals surface area contributed by atoms with Gasteiger partial charge in [-0.05, 0) is 42.0 Å². The topological polar surface area (TPSA) is 32.7 Å². The number of nitrogens with zero attached hydrogens (tertiary/aromatic N) is 2. The average molecular weight is 316 g/mol. The van der Waals surface area contributed by atoms with Gasteiger partial charge in [0.2, 0.25) is 6.41 Å². The quantitative estimate of drug-likeness (QED) is 0.771. The zero-order chi connectivity index (χ0) is 16.4. The Labute approximate surface area is 142 Å². The predicted molar refractivity (Wildman–Crippen MR) is 96.3 cm³/mol. The van der Waals surface area contributed by atoms with Crippen LogP contribution in [0.2, 0.25) is 0 Å². The Hall–Kier alpha value is -2.68. The van der Waals surface area contributed by atoms with E-state index in [9.17, 15) is 4.79 Å². The van der Waals surface area contributed by atoms with Crippen LogP contribution in [0.25, 0.3) is 6.08 Å². The van der Waals surface area contributed by atoms with E-state index in [4.69, 9.17) is 0 Å². The molecule has 0 saturated heterocycles. The highest BCUT2D eigenvalue weighted by atomic mass is 16.1. The fraction of sp³-hybridized carbons (Fsp3) is 0.238. The lowest BCUT2D eigenvalue weighted by molar-refractivity contribution is -0.120. The summed E-state index contributed by atoms with van der Waals surface area (Å²) in [5.41, 5.74) is 4.71. The van der Waals surface area contributed by atoms with Crippen LogP contribution >= 0.6 is 0 Å². The van der Waals surface area contributed by atoms with E-state index in [2.05, 4.69) is 35.4 Å². The number of amides is 1. The summed E-state index contributed by atoms with van der Waals surface area (Å²) >= 11 is 0. The minimum Gasteiger partial charge on any atom is -0.277 e. The van der Waals surface area contributed by atoms with Gasteiger partial charge in [0, 0.05) is 5.92 Å². The van der Waals surface area contributed by atoms with Crippen LogP contribution in [-0.2, 0) is 4.79 Å². The van der Waals surface area contributed by atoms with Gasteiger partial charge in [0.15, 0.2) is 0 Å². The van der Waals surface area contributed by atoms with Gasteiger partial charge in [0.25, 0.3) is 0 Å². The molecule has 3 nitrogen and oxygen atoms in total. The molecule has 0 aromatic heterocycles. The van der Waals surface area contributed by atoms with E-state index < -0.39 is 0 Å². The summed E-state index contributed by atoms with van der Waals surface area (Å²) in [4.78, 5) is 11.6. The Kier molecular flexibility index (Phi) is 3.99. The maximum atomic E-state index is 11.6. The summed E-state index contributed by atoms with van der Waals surface area (Å²) in [5.74, 6) is 0.293. The highest BCUT2D eigenvalue weighted by Gasteiger charge is 2.41. The van der Waals surface area contributed by atoms with Gasteiger partial charge in [0.05, 0.1) is 11.8 Å². The van der Waals surface area contributed by atoms with Gasteiger partial charge in [-0.1, -0.05) is 60.7 Å². The van der Waals surface area contributed by atoms with E-state index in [0.29, 0.717) is 5.92 Å². The maximum Gasteiger partial charge on any atom is 0.230 e. The number of rotatable bonds is 3. The van der Waals surface area contributed by atoms with Crippen molar-refractivity contribution in [2.24, 2.45) is 11.0 Å². The molecule has 0 N–H and O–H groups in total. The molecule has 0 unspecified atom stereocenters. The summed E-state index contributed by atoms with van der Waals surface area (Å²) in [6.45, 7) is 0. The van der Waals surface area contributed by atoms with E-state index in [-0.39, 0.29) is 6.04 Å². The van der Waals surface area contributed by atoms with Crippen LogP contribution in [0.3, 0.4) is 0 Å². The highest BCUT2D eigenvalue weighted by molar-refractivity contribution is 6.07. The SMILES string of the molecule is O=CN1N=C2/C(=C/c3ccccc3)CCC[C@@H]2[C@H]1c1ccccc1. The molecule has 1 fully saturated rings. The van der Waals surface area contributed by atoms with Crippen molar-refractivity contribution < 1.29 is 4.79 Å². The van der Waals surface area contributed by atoms with Crippen LogP contribution in [-0.4, -0.2) is 17.1 Å². The number of carbonyl (C=O) groups is 1. The van der Waals surface area contributed by atoms with Crippen molar-refractivity contribution in [2.45, 2.75) is 25.3 Å². The molecule has 24 heavy (non-hydrogen) atoms. The first-order chi connectivity index (χ1) is 11.9. The van der Waals surface area contributed by atoms with Crippen molar-refractivity contribution >= 4 is 18.2 Å². The van der Waals surface area contributed by atoms with Crippen LogP contribution in [0.5, 0.6) is 0 Å². The largest absolute Gasteiger partial charge is 0.277 e. The van der Waals surface area contributed by atoms with E-state index >= 15 is 0 Å². The molecule has 2 atom stereocenters. The Morgan fingerprint density at radius 1 is 1.00 bits per heavy atom. The fourth-order valence-electron chi connectivity index (χ4n) is 3.85. The molecule has 120 valence electrons. The van der Waals surface area contributed by atoms with Crippen molar-refractivity contribution in [1.29, 1.82) is 0 Å². The van der Waals surface area contributed by atoms with Crippen LogP contribution in [0, 0.1) is 5.92 Å². The molecule has 2 aliphatic rings. The summed E-state index contributed by atoms with van der Waals surface area (Å²) < 4.78 is 0. The highest BCUT2D eigenvalue weighted by Crippen LogP contribution is 2.43. The van der Waals surface area contributed by atoms with Gasteiger partial charge in [0.1, 0.15) is 0 Å². The smallest absolute Gasteiger partial charge is 0.230 e. The van der Waals surface area contributed by atoms with Crippen molar-refractivity contribution in [2.75, 3.05) is 0 Å². The molecule has 4 rings (SSSR count). The molecule has 1 aliphatic heterocycles. The van der Waals surface area contributed by atoms with Gasteiger partial charge in [-0.15, -0.1) is 0 Å². The zero-order valence-electron chi connectivity index (χ0n) is 13.5. The van der Waals surface area contributed by atoms with Gasteiger partial charge >= 0.3 is 0 Å². The minimum absolute atomic E-state index is 0.0261. The fourth-order valence-corrected chi connectivity index (χ4v) is 3.85. The van der Waals surface area contributed by atoms with Crippen molar-refractivity contribution in [1.82, 2.24) is 5.01 Å². The van der Waals surface area contributed by atoms with Crippen molar-refractivity contribution in [3.05, 3.63) is 77.4 Å². The predicted octanol–water partition coefficient (Wildman–Crippen LogP) is 4.44. The van der Waals surface area contributed by atoms with Crippen LogP contribution in [0.4, 0.5) is 0 Å². The van der Waals surface area contributed by atoms with E-state index in [1.807, 2.05) is 36.4 Å². The zero-order valence-corrected chi connectivity index (χ0v) is 13.5. The molecule has 1 saturated carbocycles. The molecule has 1 heterocycles. The number of hydrazone groups is 1. The molecule has 3 heteroatoms. The normalized spacial score (nSPS) is 24.6. The Bertz CT molecular complexity index is 780. The van der Waals surface area contributed by atoms with Gasteiger partial charge < -0.3 is 0 Å². The van der Waals surface area contributed by atoms with Gasteiger partial charge in [-0.25, -0.2) is 5.01 Å². The molecule has 0 spiro atoms. The number of fused-ring (bicyclic) bond motifs is 1. The summed E-state index contributed by atoms with van der Waals surface area (Å²) in [5, 5.41) is 6.29. The Balaban J connectivity index is 1.71. The minimum atomic E-state index is 0.0261. The molecule has 1 amide bonds. The van der Waals surface area contributed by atoms with Crippen LogP contribution in [0.1, 0.15) is 36.4 Å². The molecule has 2 aromatic carbocycles. The monoisotopic (exact) mass is 316 g/mol. The lowest BCUT2D eigenvalue weighted by Gasteiger charge is -2.28. The Morgan fingerprint density at radius 2 is 1.71 bits per heavy atom. The van der Waals surface area contributed by atoms with Crippen molar-refractivity contribution in [3.8, 4) is 0 Å². The summed E-state index contributed by atoms with van der Waals surface area (Å²) in [6.07, 6.45) is 6.33. The van der Waals surface area contributed by atoms with Gasteiger partial charge in [-0.2, -0.15) is 5.10 Å². The third-order valence-electron chi connectivity index (χ3n) is 4.92. The van der Waals surface area contributed by atoms with Crippen LogP contribution < -0.4 is 0 Å². The molecule has 1 aliphatic carbocycles. The molecule has 0 bridgehead atoms. The summed E-state index contributed by atoms with van der Waals surface area (Å²) in [6, 6.07) is 20.6. The van der Waals surface area contributed by atoms with Crippen LogP contribution in [0.15, 0.2) is 71.3 Å². The first-order valence-corrected chi connectivity index (χ1v) is 8.50. The second kappa shape index (κ2) is 6.44. The van der Waals surface area contributed by atoms with Gasteiger partial charge in [-0.3, -0.25) is 4.79 Å². The first-order valence-electron chi connectivity index (χ1n) is 8.50. The van der Waals surface area contributed by atoms with Crippen molar-refractivity contribution in [3.63, 3.8) is 0 Å². The summed E-state index contributed by atoms with van der Waals surface area (Å²) in [7, 11) is 0. The lowest BCUT2D eigenvalue weighted by Crippen LogP contribution is -2.27. The molecular weight excluding hydrogens is 296 g/mol. The number of hydrogen-bond acceptors (Lipinski definition) is 2. The second-order valence-electron chi connectivity index (χ2n) is 6.41. The number of allylic oxidation sites excluding steroid dienone is 1. The van der Waals surface area contributed by atoms with E-state index in [0.717, 1.165) is 36.9 Å². The molecule has 0 radical (unpaired) electrons. The third kappa shape index (κ3) is 2.67. The lowest BCUT2D eigenvalue weighted by atomic mass is 9.77. The van der Waals surface area contributed by atoms with E-state index in [1.165, 1.54) is 11.1 Å². The number of carbonyl (C=O) groups excluding carboxylic acids is 1. The average Bonchev–Trinajstić information content (AvgIpc) is 3.03. The number of benzene rings is 2. The third-order valence-corrected chi connectivity index (χ3v) is 4.92. The maximum absolute atomic E-state index is 11.6. The Morgan fingerprint density at radius 3 is 2.42 bits per heavy atom. The number of hydrogen-bond donors (Lipinski definition) is 0. The molecular formula is C21H20N2O. The second-order valence-corrected chi connectivity index (χ2v) is 6.41. The standard InChI is InChI=1S/C21H20N2O/c24-15-23-21(17-10-5-2-6-11-17)19-13-7-12-18(20(19)22-23)14-16-8-3-1-4-9-16/h1-6,8-11,14-15,19,21H,7,12-13H2/b18-14+/t19-,21+/m0/s1. The first kappa shape index (κ1) is 14.9. The molecule has 2 aromatic rings. The van der Waals surface area contributed by atoms with E-state index in [1.54, 1.807) is 5.01 Å².